The first-order valence-corrected chi connectivity index (χ1v) is 10.4. The molecule has 7 heteroatoms. The van der Waals surface area contributed by atoms with Crippen LogP contribution in [0.1, 0.15) is 29.5 Å². The van der Waals surface area contributed by atoms with Crippen LogP contribution in [-0.4, -0.2) is 42.0 Å². The molecule has 0 aromatic heterocycles. The number of halogens is 3. The molecule has 0 radical (unpaired) electrons. The molecule has 2 amide bonds. The molecule has 4 rings (SSSR count). The zero-order valence-corrected chi connectivity index (χ0v) is 16.8. The van der Waals surface area contributed by atoms with E-state index in [1.807, 2.05) is 0 Å². The predicted octanol–water partition coefficient (Wildman–Crippen LogP) is 5.01. The second kappa shape index (κ2) is 8.68. The highest BCUT2D eigenvalue weighted by Gasteiger charge is 2.34. The van der Waals surface area contributed by atoms with Gasteiger partial charge in [0.2, 0.25) is 0 Å². The molecule has 0 bridgehead atoms. The number of piperidine rings is 1. The van der Waals surface area contributed by atoms with E-state index in [4.69, 9.17) is 0 Å². The molecule has 1 fully saturated rings. The van der Waals surface area contributed by atoms with Crippen LogP contribution < -0.4 is 5.32 Å². The number of amides is 2. The summed E-state index contributed by atoms with van der Waals surface area (Å²) in [6.45, 7) is 4.14. The second-order valence-electron chi connectivity index (χ2n) is 8.16. The van der Waals surface area contributed by atoms with E-state index in [9.17, 15) is 18.0 Å². The summed E-state index contributed by atoms with van der Waals surface area (Å²) in [7, 11) is 0. The summed E-state index contributed by atoms with van der Waals surface area (Å²) in [6.07, 6.45) is -1.70. The average Bonchev–Trinajstić information content (AvgIpc) is 2.74. The van der Waals surface area contributed by atoms with Gasteiger partial charge >= 0.3 is 12.2 Å². The Bertz CT molecular complexity index is 891. The molecular weight excluding hydrogens is 391 g/mol. The standard InChI is InChI=1S/C23H26F3N3O/c24-23(25,26)20-7-3-4-8-21(20)27-22(30)29-13-9-17(10-14-29)15-28-12-11-18-5-1-2-6-19(18)16-28/h1-8,17H,9-16H2,(H,27,30). The number of hydrogen-bond donors (Lipinski definition) is 1. The normalized spacial score (nSPS) is 18.2. The first kappa shape index (κ1) is 20.7. The van der Waals surface area contributed by atoms with Crippen molar-refractivity contribution in [1.29, 1.82) is 0 Å². The Morgan fingerprint density at radius 1 is 0.967 bits per heavy atom. The minimum atomic E-state index is -4.50. The molecule has 0 atom stereocenters. The van der Waals surface area contributed by atoms with Crippen LogP contribution in [0.5, 0.6) is 0 Å². The molecule has 2 aliphatic rings. The zero-order valence-electron chi connectivity index (χ0n) is 16.8. The lowest BCUT2D eigenvalue weighted by molar-refractivity contribution is -0.136. The number of carbonyl (C=O) groups excluding carboxylic acids is 1. The molecule has 2 aromatic carbocycles. The lowest BCUT2D eigenvalue weighted by Crippen LogP contribution is -2.44. The molecule has 1 saturated heterocycles. The van der Waals surface area contributed by atoms with Crippen LogP contribution >= 0.6 is 0 Å². The van der Waals surface area contributed by atoms with Crippen molar-refractivity contribution in [2.75, 3.05) is 31.5 Å². The fourth-order valence-corrected chi connectivity index (χ4v) is 4.43. The summed E-state index contributed by atoms with van der Waals surface area (Å²) in [5.41, 5.74) is 1.81. The van der Waals surface area contributed by atoms with E-state index in [1.165, 1.54) is 29.3 Å². The molecule has 2 aliphatic heterocycles. The van der Waals surface area contributed by atoms with Gasteiger partial charge in [-0.2, -0.15) is 13.2 Å². The summed E-state index contributed by atoms with van der Waals surface area (Å²) >= 11 is 0. The maximum Gasteiger partial charge on any atom is 0.418 e. The van der Waals surface area contributed by atoms with Gasteiger partial charge in [0.1, 0.15) is 0 Å². The quantitative estimate of drug-likeness (QED) is 0.762. The van der Waals surface area contributed by atoms with Gasteiger partial charge in [-0.15, -0.1) is 0 Å². The Balaban J connectivity index is 1.29. The Kier molecular flexibility index (Phi) is 5.99. The fraction of sp³-hybridized carbons (Fsp3) is 0.435. The van der Waals surface area contributed by atoms with Crippen molar-refractivity contribution in [3.63, 3.8) is 0 Å². The Morgan fingerprint density at radius 2 is 1.63 bits per heavy atom. The highest BCUT2D eigenvalue weighted by atomic mass is 19.4. The number of likely N-dealkylation sites (tertiary alicyclic amines) is 1. The molecule has 30 heavy (non-hydrogen) atoms. The summed E-state index contributed by atoms with van der Waals surface area (Å²) in [5, 5.41) is 2.45. The van der Waals surface area contributed by atoms with Gasteiger partial charge in [0.15, 0.2) is 0 Å². The third kappa shape index (κ3) is 4.78. The molecule has 0 aliphatic carbocycles. The smallest absolute Gasteiger partial charge is 0.325 e. The van der Waals surface area contributed by atoms with E-state index in [0.717, 1.165) is 45.0 Å². The zero-order chi connectivity index (χ0) is 21.1. The minimum absolute atomic E-state index is 0.191. The lowest BCUT2D eigenvalue weighted by atomic mass is 9.94. The highest BCUT2D eigenvalue weighted by Crippen LogP contribution is 2.34. The first-order chi connectivity index (χ1) is 14.4. The van der Waals surface area contributed by atoms with E-state index in [2.05, 4.69) is 34.5 Å². The maximum absolute atomic E-state index is 13.1. The largest absolute Gasteiger partial charge is 0.418 e. The number of carbonyl (C=O) groups is 1. The van der Waals surface area contributed by atoms with Gasteiger partial charge in [0.05, 0.1) is 11.3 Å². The Hall–Kier alpha value is -2.54. The summed E-state index contributed by atoms with van der Waals surface area (Å²) in [5.74, 6) is 0.502. The molecule has 0 saturated carbocycles. The third-order valence-corrected chi connectivity index (χ3v) is 6.10. The van der Waals surface area contributed by atoms with Crippen molar-refractivity contribution in [2.45, 2.75) is 32.0 Å². The number of urea groups is 1. The number of fused-ring (bicyclic) bond motifs is 1. The predicted molar refractivity (Wildman–Crippen MR) is 110 cm³/mol. The summed E-state index contributed by atoms with van der Waals surface area (Å²) in [4.78, 5) is 16.6. The monoisotopic (exact) mass is 417 g/mol. The molecule has 0 spiro atoms. The van der Waals surface area contributed by atoms with Gasteiger partial charge in [-0.1, -0.05) is 36.4 Å². The van der Waals surface area contributed by atoms with Gasteiger partial charge in [-0.3, -0.25) is 4.90 Å². The number of nitrogens with one attached hydrogen (secondary N) is 1. The summed E-state index contributed by atoms with van der Waals surface area (Å²) < 4.78 is 39.4. The van der Waals surface area contributed by atoms with Crippen LogP contribution in [0.25, 0.3) is 0 Å². The van der Waals surface area contributed by atoms with Crippen molar-refractivity contribution >= 4 is 11.7 Å². The average molecular weight is 417 g/mol. The van der Waals surface area contributed by atoms with E-state index in [0.29, 0.717) is 19.0 Å². The molecule has 2 heterocycles. The van der Waals surface area contributed by atoms with Gasteiger partial charge in [0, 0.05) is 32.7 Å². The van der Waals surface area contributed by atoms with E-state index in [-0.39, 0.29) is 5.69 Å². The number of anilines is 1. The molecule has 4 nitrogen and oxygen atoms in total. The number of nitrogens with zero attached hydrogens (tertiary/aromatic N) is 2. The van der Waals surface area contributed by atoms with E-state index >= 15 is 0 Å². The van der Waals surface area contributed by atoms with Crippen molar-refractivity contribution in [1.82, 2.24) is 9.80 Å². The Labute approximate surface area is 174 Å². The van der Waals surface area contributed by atoms with Crippen molar-refractivity contribution in [3.05, 3.63) is 65.2 Å². The number of benzene rings is 2. The highest BCUT2D eigenvalue weighted by molar-refractivity contribution is 5.90. The molecule has 2 aromatic rings. The molecule has 1 N–H and O–H groups in total. The van der Waals surface area contributed by atoms with Gasteiger partial charge < -0.3 is 10.2 Å². The van der Waals surface area contributed by atoms with Crippen molar-refractivity contribution < 1.29 is 18.0 Å². The van der Waals surface area contributed by atoms with Crippen LogP contribution in [0, 0.1) is 5.92 Å². The van der Waals surface area contributed by atoms with E-state index < -0.39 is 17.8 Å². The Morgan fingerprint density at radius 3 is 2.37 bits per heavy atom. The molecule has 0 unspecified atom stereocenters. The lowest BCUT2D eigenvalue weighted by Gasteiger charge is -2.36. The number of para-hydroxylation sites is 1. The van der Waals surface area contributed by atoms with E-state index in [1.54, 1.807) is 4.90 Å². The topological polar surface area (TPSA) is 35.6 Å². The van der Waals surface area contributed by atoms with Crippen LogP contribution in [0.15, 0.2) is 48.5 Å². The maximum atomic E-state index is 13.1. The molecular formula is C23H26F3N3O. The van der Waals surface area contributed by atoms with Crippen LogP contribution in [0.2, 0.25) is 0 Å². The first-order valence-electron chi connectivity index (χ1n) is 10.4. The SMILES string of the molecule is O=C(Nc1ccccc1C(F)(F)F)N1CCC(CN2CCc3ccccc3C2)CC1. The van der Waals surface area contributed by atoms with Gasteiger partial charge in [-0.05, 0) is 48.4 Å². The van der Waals surface area contributed by atoms with Crippen LogP contribution in [0.3, 0.4) is 0 Å². The fourth-order valence-electron chi connectivity index (χ4n) is 4.43. The van der Waals surface area contributed by atoms with Crippen molar-refractivity contribution in [2.24, 2.45) is 5.92 Å². The number of hydrogen-bond acceptors (Lipinski definition) is 2. The number of rotatable bonds is 3. The second-order valence-corrected chi connectivity index (χ2v) is 8.16. The minimum Gasteiger partial charge on any atom is -0.325 e. The third-order valence-electron chi connectivity index (χ3n) is 6.10. The number of alkyl halides is 3. The summed E-state index contributed by atoms with van der Waals surface area (Å²) in [6, 6.07) is 13.2. The van der Waals surface area contributed by atoms with Gasteiger partial charge in [0.25, 0.3) is 0 Å². The van der Waals surface area contributed by atoms with Crippen LogP contribution in [-0.2, 0) is 19.1 Å². The van der Waals surface area contributed by atoms with Crippen molar-refractivity contribution in [3.8, 4) is 0 Å². The molecule has 160 valence electrons. The van der Waals surface area contributed by atoms with Crippen LogP contribution in [0.4, 0.5) is 23.7 Å². The van der Waals surface area contributed by atoms with Gasteiger partial charge in [-0.25, -0.2) is 4.79 Å².